The Morgan fingerprint density at radius 2 is 1.84 bits per heavy atom. The Labute approximate surface area is 148 Å². The number of anilines is 1. The number of nitrogens with one attached hydrogen (secondary N) is 1. The van der Waals surface area contributed by atoms with Gasteiger partial charge in [-0.1, -0.05) is 18.2 Å². The summed E-state index contributed by atoms with van der Waals surface area (Å²) in [6, 6.07) is 9.86. The van der Waals surface area contributed by atoms with Crippen LogP contribution in [0.1, 0.15) is 5.56 Å². The van der Waals surface area contributed by atoms with E-state index in [1.807, 2.05) is 31.3 Å². The summed E-state index contributed by atoms with van der Waals surface area (Å²) in [5.74, 6) is 2.58. The zero-order valence-electron chi connectivity index (χ0n) is 14.7. The first-order valence-electron chi connectivity index (χ1n) is 8.41. The van der Waals surface area contributed by atoms with Gasteiger partial charge in [0.25, 0.3) is 0 Å². The van der Waals surface area contributed by atoms with Crippen LogP contribution in [0.15, 0.2) is 47.7 Å². The van der Waals surface area contributed by atoms with Crippen LogP contribution in [0.5, 0.6) is 5.75 Å². The Balaban J connectivity index is 1.56. The van der Waals surface area contributed by atoms with Gasteiger partial charge in [0.1, 0.15) is 5.75 Å². The summed E-state index contributed by atoms with van der Waals surface area (Å²) in [7, 11) is 3.51. The molecule has 0 aliphatic carbocycles. The minimum atomic E-state index is 0.679. The van der Waals surface area contributed by atoms with Gasteiger partial charge in [-0.15, -0.1) is 0 Å². The lowest BCUT2D eigenvalue weighted by Gasteiger charge is -2.36. The van der Waals surface area contributed by atoms with Crippen molar-refractivity contribution >= 4 is 11.9 Å². The molecule has 3 rings (SSSR count). The van der Waals surface area contributed by atoms with Gasteiger partial charge in [0.15, 0.2) is 5.96 Å². The van der Waals surface area contributed by atoms with Crippen LogP contribution >= 0.6 is 0 Å². The third kappa shape index (κ3) is 4.17. The van der Waals surface area contributed by atoms with E-state index in [2.05, 4.69) is 36.1 Å². The van der Waals surface area contributed by atoms with Gasteiger partial charge in [0, 0.05) is 57.7 Å². The van der Waals surface area contributed by atoms with Crippen LogP contribution in [0.25, 0.3) is 0 Å². The number of piperazine rings is 1. The number of hydrogen-bond acceptors (Lipinski definition) is 5. The quantitative estimate of drug-likeness (QED) is 0.670. The molecule has 7 nitrogen and oxygen atoms in total. The van der Waals surface area contributed by atoms with E-state index < -0.39 is 0 Å². The van der Waals surface area contributed by atoms with Crippen molar-refractivity contribution in [2.24, 2.45) is 4.99 Å². The predicted octanol–water partition coefficient (Wildman–Crippen LogP) is 1.38. The number of aliphatic imine (C=N–C) groups is 1. The molecule has 0 spiro atoms. The standard InChI is InChI=1S/C18H24N6O/c1-19-17(22-14-15-6-3-4-7-16(15)25-2)23-10-12-24(13-11-23)18-20-8-5-9-21-18/h3-9H,10-14H2,1-2H3,(H,19,22). The third-order valence-electron chi connectivity index (χ3n) is 4.26. The molecule has 0 unspecified atom stereocenters. The van der Waals surface area contributed by atoms with Crippen molar-refractivity contribution in [1.82, 2.24) is 20.2 Å². The van der Waals surface area contributed by atoms with Gasteiger partial charge in [-0.2, -0.15) is 0 Å². The van der Waals surface area contributed by atoms with Gasteiger partial charge in [0.05, 0.1) is 7.11 Å². The first-order chi connectivity index (χ1) is 12.3. The summed E-state index contributed by atoms with van der Waals surface area (Å²) >= 11 is 0. The van der Waals surface area contributed by atoms with Gasteiger partial charge < -0.3 is 19.9 Å². The monoisotopic (exact) mass is 340 g/mol. The summed E-state index contributed by atoms with van der Waals surface area (Å²) in [4.78, 5) is 17.5. The van der Waals surface area contributed by atoms with Crippen LogP contribution in [0.3, 0.4) is 0 Å². The molecule has 1 aliphatic heterocycles. The minimum absolute atomic E-state index is 0.679. The lowest BCUT2D eigenvalue weighted by molar-refractivity contribution is 0.369. The highest BCUT2D eigenvalue weighted by molar-refractivity contribution is 5.80. The van der Waals surface area contributed by atoms with Gasteiger partial charge in [-0.3, -0.25) is 4.99 Å². The normalized spacial score (nSPS) is 15.2. The molecule has 25 heavy (non-hydrogen) atoms. The number of ether oxygens (including phenoxy) is 1. The van der Waals surface area contributed by atoms with Crippen molar-refractivity contribution in [1.29, 1.82) is 0 Å². The van der Waals surface area contributed by atoms with Gasteiger partial charge in [0.2, 0.25) is 5.95 Å². The highest BCUT2D eigenvalue weighted by Crippen LogP contribution is 2.17. The second kappa shape index (κ2) is 8.32. The van der Waals surface area contributed by atoms with Crippen molar-refractivity contribution in [3.8, 4) is 5.75 Å². The fraction of sp³-hybridized carbons (Fsp3) is 0.389. The van der Waals surface area contributed by atoms with Crippen molar-refractivity contribution in [2.75, 3.05) is 45.2 Å². The molecule has 1 aliphatic rings. The minimum Gasteiger partial charge on any atom is -0.496 e. The Morgan fingerprint density at radius 1 is 1.12 bits per heavy atom. The van der Waals surface area contributed by atoms with E-state index >= 15 is 0 Å². The van der Waals surface area contributed by atoms with E-state index in [0.717, 1.165) is 49.4 Å². The summed E-state index contributed by atoms with van der Waals surface area (Å²) in [5.41, 5.74) is 1.11. The fourth-order valence-electron chi connectivity index (χ4n) is 2.93. The summed E-state index contributed by atoms with van der Waals surface area (Å²) in [5, 5.41) is 3.43. The topological polar surface area (TPSA) is 65.9 Å². The Hall–Kier alpha value is -2.83. The third-order valence-corrected chi connectivity index (χ3v) is 4.26. The molecule has 1 fully saturated rings. The maximum absolute atomic E-state index is 5.41. The summed E-state index contributed by atoms with van der Waals surface area (Å²) < 4.78 is 5.41. The molecule has 132 valence electrons. The first kappa shape index (κ1) is 17.0. The zero-order valence-corrected chi connectivity index (χ0v) is 14.7. The highest BCUT2D eigenvalue weighted by atomic mass is 16.5. The number of para-hydroxylation sites is 1. The van der Waals surface area contributed by atoms with Gasteiger partial charge >= 0.3 is 0 Å². The Kier molecular flexibility index (Phi) is 5.66. The molecule has 0 bridgehead atoms. The Morgan fingerprint density at radius 3 is 2.52 bits per heavy atom. The number of nitrogens with zero attached hydrogens (tertiary/aromatic N) is 5. The number of hydrogen-bond donors (Lipinski definition) is 1. The lowest BCUT2D eigenvalue weighted by atomic mass is 10.2. The first-order valence-corrected chi connectivity index (χ1v) is 8.41. The average molecular weight is 340 g/mol. The van der Waals surface area contributed by atoms with Crippen LogP contribution in [0.2, 0.25) is 0 Å². The maximum Gasteiger partial charge on any atom is 0.225 e. The molecule has 2 aromatic rings. The average Bonchev–Trinajstić information content (AvgIpc) is 2.70. The molecule has 0 amide bonds. The van der Waals surface area contributed by atoms with E-state index in [0.29, 0.717) is 6.54 Å². The van der Waals surface area contributed by atoms with Crippen molar-refractivity contribution in [2.45, 2.75) is 6.54 Å². The van der Waals surface area contributed by atoms with Crippen LogP contribution in [-0.2, 0) is 6.54 Å². The molecule has 1 aromatic carbocycles. The molecule has 1 N–H and O–H groups in total. The molecule has 1 saturated heterocycles. The molecule has 1 aromatic heterocycles. The lowest BCUT2D eigenvalue weighted by Crippen LogP contribution is -2.52. The van der Waals surface area contributed by atoms with Gasteiger partial charge in [-0.25, -0.2) is 9.97 Å². The number of rotatable bonds is 4. The summed E-state index contributed by atoms with van der Waals surface area (Å²) in [6.45, 7) is 4.19. The number of benzene rings is 1. The van der Waals surface area contributed by atoms with E-state index in [9.17, 15) is 0 Å². The van der Waals surface area contributed by atoms with Crippen LogP contribution < -0.4 is 15.0 Å². The molecule has 7 heteroatoms. The predicted molar refractivity (Wildman–Crippen MR) is 99.0 cm³/mol. The smallest absolute Gasteiger partial charge is 0.225 e. The van der Waals surface area contributed by atoms with Crippen LogP contribution in [0, 0.1) is 0 Å². The van der Waals surface area contributed by atoms with Crippen molar-refractivity contribution in [3.63, 3.8) is 0 Å². The second-order valence-electron chi connectivity index (χ2n) is 5.74. The van der Waals surface area contributed by atoms with Gasteiger partial charge in [-0.05, 0) is 12.1 Å². The highest BCUT2D eigenvalue weighted by Gasteiger charge is 2.21. The molecular weight excluding hydrogens is 316 g/mol. The maximum atomic E-state index is 5.41. The Bertz CT molecular complexity index is 698. The number of methoxy groups -OCH3 is 1. The molecule has 2 heterocycles. The summed E-state index contributed by atoms with van der Waals surface area (Å²) in [6.07, 6.45) is 3.56. The molecule has 0 atom stereocenters. The largest absolute Gasteiger partial charge is 0.496 e. The van der Waals surface area contributed by atoms with Crippen LogP contribution in [0.4, 0.5) is 5.95 Å². The molecule has 0 saturated carbocycles. The van der Waals surface area contributed by atoms with E-state index in [4.69, 9.17) is 4.74 Å². The van der Waals surface area contributed by atoms with Crippen molar-refractivity contribution in [3.05, 3.63) is 48.3 Å². The van der Waals surface area contributed by atoms with E-state index in [-0.39, 0.29) is 0 Å². The zero-order chi connectivity index (χ0) is 17.5. The van der Waals surface area contributed by atoms with Crippen LogP contribution in [-0.4, -0.2) is 61.2 Å². The fourth-order valence-corrected chi connectivity index (χ4v) is 2.93. The number of aromatic nitrogens is 2. The van der Waals surface area contributed by atoms with Crippen molar-refractivity contribution < 1.29 is 4.74 Å². The SMILES string of the molecule is CN=C(NCc1ccccc1OC)N1CCN(c2ncccn2)CC1. The second-order valence-corrected chi connectivity index (χ2v) is 5.74. The molecular formula is C18H24N6O. The number of guanidine groups is 1. The van der Waals surface area contributed by atoms with E-state index in [1.54, 1.807) is 19.5 Å². The molecule has 0 radical (unpaired) electrons. The van der Waals surface area contributed by atoms with E-state index in [1.165, 1.54) is 0 Å².